The van der Waals surface area contributed by atoms with Crippen LogP contribution in [0.5, 0.6) is 5.75 Å². The zero-order chi connectivity index (χ0) is 13.5. The summed E-state index contributed by atoms with van der Waals surface area (Å²) in [6.07, 6.45) is 4.38. The molecular weight excluding hydrogens is 252 g/mol. The Balaban J connectivity index is 1.82. The first-order valence-corrected chi connectivity index (χ1v) is 6.66. The van der Waals surface area contributed by atoms with Crippen molar-refractivity contribution in [2.75, 3.05) is 5.73 Å². The molecular formula is C15H14N4O. The van der Waals surface area contributed by atoms with Crippen molar-refractivity contribution in [2.24, 2.45) is 0 Å². The monoisotopic (exact) mass is 266 g/mol. The van der Waals surface area contributed by atoms with Crippen molar-refractivity contribution in [1.82, 2.24) is 15.2 Å². The molecule has 0 aliphatic heterocycles. The van der Waals surface area contributed by atoms with Gasteiger partial charge in [0.05, 0.1) is 11.6 Å². The minimum Gasteiger partial charge on any atom is -0.490 e. The normalized spacial score (nSPS) is 14.6. The molecule has 0 bridgehead atoms. The third-order valence-corrected chi connectivity index (χ3v) is 3.42. The van der Waals surface area contributed by atoms with E-state index in [1.165, 1.54) is 0 Å². The first-order valence-electron chi connectivity index (χ1n) is 6.66. The van der Waals surface area contributed by atoms with Crippen LogP contribution in [0.2, 0.25) is 0 Å². The zero-order valence-electron chi connectivity index (χ0n) is 10.8. The predicted molar refractivity (Wildman–Crippen MR) is 77.4 cm³/mol. The Labute approximate surface area is 115 Å². The van der Waals surface area contributed by atoms with Crippen LogP contribution in [-0.4, -0.2) is 21.3 Å². The molecule has 2 aromatic heterocycles. The van der Waals surface area contributed by atoms with Gasteiger partial charge in [-0.3, -0.25) is 5.10 Å². The number of nitrogens with zero attached hydrogens (tertiary/aromatic N) is 2. The van der Waals surface area contributed by atoms with Gasteiger partial charge in [-0.1, -0.05) is 0 Å². The van der Waals surface area contributed by atoms with E-state index in [2.05, 4.69) is 15.2 Å². The number of ether oxygens (including phenoxy) is 1. The Morgan fingerprint density at radius 1 is 1.20 bits per heavy atom. The molecule has 20 heavy (non-hydrogen) atoms. The Hall–Kier alpha value is -2.56. The average molecular weight is 266 g/mol. The Morgan fingerprint density at radius 2 is 2.10 bits per heavy atom. The second-order valence-corrected chi connectivity index (χ2v) is 5.07. The quantitative estimate of drug-likeness (QED) is 0.764. The van der Waals surface area contributed by atoms with Crippen LogP contribution in [0.25, 0.3) is 22.2 Å². The molecule has 1 aromatic carbocycles. The maximum atomic E-state index is 5.84. The van der Waals surface area contributed by atoms with Crippen LogP contribution in [0, 0.1) is 0 Å². The molecule has 3 N–H and O–H groups in total. The number of aromatic amines is 1. The van der Waals surface area contributed by atoms with Crippen LogP contribution in [0.15, 0.2) is 36.5 Å². The molecule has 1 aliphatic rings. The van der Waals surface area contributed by atoms with E-state index < -0.39 is 0 Å². The fourth-order valence-electron chi connectivity index (χ4n) is 2.26. The third kappa shape index (κ3) is 1.97. The van der Waals surface area contributed by atoms with Gasteiger partial charge in [0.1, 0.15) is 17.3 Å². The zero-order valence-corrected chi connectivity index (χ0v) is 10.8. The molecule has 1 aliphatic carbocycles. The molecule has 5 nitrogen and oxygen atoms in total. The van der Waals surface area contributed by atoms with Crippen LogP contribution in [0.1, 0.15) is 12.8 Å². The number of nitrogen functional groups attached to an aromatic ring is 1. The summed E-state index contributed by atoms with van der Waals surface area (Å²) in [5.41, 5.74) is 8.55. The van der Waals surface area contributed by atoms with E-state index in [-0.39, 0.29) is 0 Å². The summed E-state index contributed by atoms with van der Waals surface area (Å²) >= 11 is 0. The minimum absolute atomic E-state index is 0.388. The van der Waals surface area contributed by atoms with Crippen molar-refractivity contribution in [3.8, 4) is 17.0 Å². The molecule has 0 amide bonds. The molecule has 1 fully saturated rings. The molecule has 2 heterocycles. The fraction of sp³-hybridized carbons (Fsp3) is 0.200. The van der Waals surface area contributed by atoms with Crippen molar-refractivity contribution >= 4 is 16.7 Å². The van der Waals surface area contributed by atoms with Gasteiger partial charge in [-0.25, -0.2) is 4.98 Å². The van der Waals surface area contributed by atoms with Crippen molar-refractivity contribution in [3.63, 3.8) is 0 Å². The molecule has 4 rings (SSSR count). The molecule has 0 spiro atoms. The lowest BCUT2D eigenvalue weighted by atomic mass is 10.1. The largest absolute Gasteiger partial charge is 0.490 e. The lowest BCUT2D eigenvalue weighted by Gasteiger charge is -2.04. The highest BCUT2D eigenvalue weighted by Crippen LogP contribution is 2.32. The van der Waals surface area contributed by atoms with Crippen molar-refractivity contribution < 1.29 is 4.74 Å². The van der Waals surface area contributed by atoms with Gasteiger partial charge in [0.15, 0.2) is 0 Å². The van der Waals surface area contributed by atoms with Gasteiger partial charge in [0.25, 0.3) is 0 Å². The van der Waals surface area contributed by atoms with E-state index in [4.69, 9.17) is 10.5 Å². The van der Waals surface area contributed by atoms with E-state index in [1.54, 1.807) is 6.20 Å². The maximum Gasteiger partial charge on any atom is 0.123 e. The highest BCUT2D eigenvalue weighted by Gasteiger charge is 2.23. The number of rotatable bonds is 3. The van der Waals surface area contributed by atoms with Crippen molar-refractivity contribution in [1.29, 1.82) is 0 Å². The molecule has 0 radical (unpaired) electrons. The SMILES string of the molecule is Nc1cc(-c2n[nH]c3ccc(OC4CC4)cc23)ccn1. The van der Waals surface area contributed by atoms with E-state index in [0.717, 1.165) is 40.8 Å². The highest BCUT2D eigenvalue weighted by atomic mass is 16.5. The van der Waals surface area contributed by atoms with Gasteiger partial charge in [-0.2, -0.15) is 5.10 Å². The van der Waals surface area contributed by atoms with E-state index >= 15 is 0 Å². The standard InChI is InChI=1S/C15H14N4O/c16-14-7-9(5-6-17-14)15-12-8-11(20-10-1-2-10)3-4-13(12)18-19-15/h3-8,10H,1-2H2,(H2,16,17)(H,18,19). The molecule has 0 atom stereocenters. The number of H-pyrrole nitrogens is 1. The van der Waals surface area contributed by atoms with Gasteiger partial charge < -0.3 is 10.5 Å². The summed E-state index contributed by atoms with van der Waals surface area (Å²) in [6, 6.07) is 9.73. The van der Waals surface area contributed by atoms with Crippen LogP contribution >= 0.6 is 0 Å². The smallest absolute Gasteiger partial charge is 0.123 e. The number of benzene rings is 1. The van der Waals surface area contributed by atoms with Crippen LogP contribution in [0.4, 0.5) is 5.82 Å². The summed E-state index contributed by atoms with van der Waals surface area (Å²) < 4.78 is 5.84. The van der Waals surface area contributed by atoms with Gasteiger partial charge in [-0.15, -0.1) is 0 Å². The summed E-state index contributed by atoms with van der Waals surface area (Å²) in [5.74, 6) is 1.38. The predicted octanol–water partition coefficient (Wildman–Crippen LogP) is 2.75. The first kappa shape index (κ1) is 11.3. The first-order chi connectivity index (χ1) is 9.79. The van der Waals surface area contributed by atoms with Gasteiger partial charge in [-0.05, 0) is 43.2 Å². The molecule has 0 unspecified atom stereocenters. The maximum absolute atomic E-state index is 5.84. The lowest BCUT2D eigenvalue weighted by molar-refractivity contribution is 0.303. The van der Waals surface area contributed by atoms with Gasteiger partial charge in [0, 0.05) is 17.1 Å². The number of hydrogen-bond donors (Lipinski definition) is 2. The second-order valence-electron chi connectivity index (χ2n) is 5.07. The van der Waals surface area contributed by atoms with E-state index in [9.17, 15) is 0 Å². The molecule has 0 saturated heterocycles. The molecule has 1 saturated carbocycles. The summed E-state index contributed by atoms with van der Waals surface area (Å²) in [7, 11) is 0. The lowest BCUT2D eigenvalue weighted by Crippen LogP contribution is -1.95. The number of pyridine rings is 1. The molecule has 3 aromatic rings. The third-order valence-electron chi connectivity index (χ3n) is 3.42. The molecule has 100 valence electrons. The van der Waals surface area contributed by atoms with Gasteiger partial charge >= 0.3 is 0 Å². The summed E-state index contributed by atoms with van der Waals surface area (Å²) in [4.78, 5) is 4.01. The van der Waals surface area contributed by atoms with Crippen LogP contribution in [-0.2, 0) is 0 Å². The van der Waals surface area contributed by atoms with Crippen molar-refractivity contribution in [2.45, 2.75) is 18.9 Å². The number of hydrogen-bond acceptors (Lipinski definition) is 4. The van der Waals surface area contributed by atoms with Crippen LogP contribution in [0.3, 0.4) is 0 Å². The Bertz CT molecular complexity index is 776. The van der Waals surface area contributed by atoms with E-state index in [1.807, 2.05) is 30.3 Å². The van der Waals surface area contributed by atoms with E-state index in [0.29, 0.717) is 11.9 Å². The number of nitrogens with two attached hydrogens (primary N) is 1. The summed E-state index contributed by atoms with van der Waals surface area (Å²) in [6.45, 7) is 0. The van der Waals surface area contributed by atoms with Gasteiger partial charge in [0.2, 0.25) is 0 Å². The molecule has 5 heteroatoms. The number of anilines is 1. The second kappa shape index (κ2) is 4.23. The number of fused-ring (bicyclic) bond motifs is 1. The highest BCUT2D eigenvalue weighted by molar-refractivity contribution is 5.94. The summed E-state index contributed by atoms with van der Waals surface area (Å²) in [5, 5.41) is 8.45. The minimum atomic E-state index is 0.388. The topological polar surface area (TPSA) is 76.8 Å². The Morgan fingerprint density at radius 3 is 2.90 bits per heavy atom. The average Bonchev–Trinajstić information content (AvgIpc) is 3.16. The number of nitrogens with one attached hydrogen (secondary N) is 1. The van der Waals surface area contributed by atoms with Crippen LogP contribution < -0.4 is 10.5 Å². The number of aromatic nitrogens is 3. The van der Waals surface area contributed by atoms with Crippen molar-refractivity contribution in [3.05, 3.63) is 36.5 Å². The fourth-order valence-corrected chi connectivity index (χ4v) is 2.26. The Kier molecular flexibility index (Phi) is 2.39.